The lowest BCUT2D eigenvalue weighted by molar-refractivity contribution is -0.126. The molecule has 0 bridgehead atoms. The van der Waals surface area contributed by atoms with Crippen molar-refractivity contribution in [2.75, 3.05) is 9.96 Å². The molecule has 6 rings (SSSR count). The molecule has 1 aromatic heterocycles. The van der Waals surface area contributed by atoms with Gasteiger partial charge < -0.3 is 0 Å². The van der Waals surface area contributed by atoms with Crippen molar-refractivity contribution >= 4 is 39.1 Å². The van der Waals surface area contributed by atoms with Crippen LogP contribution in [0.4, 0.5) is 11.4 Å². The van der Waals surface area contributed by atoms with E-state index in [1.165, 1.54) is 4.90 Å². The van der Waals surface area contributed by atoms with Gasteiger partial charge in [-0.25, -0.2) is 9.96 Å². The minimum atomic E-state index is -1.32. The monoisotopic (exact) mass is 525 g/mol. The van der Waals surface area contributed by atoms with Gasteiger partial charge in [-0.3, -0.25) is 19.4 Å². The maximum atomic E-state index is 14.5. The fourth-order valence-corrected chi connectivity index (χ4v) is 5.42. The molecule has 172 valence electrons. The van der Waals surface area contributed by atoms with Gasteiger partial charge in [-0.05, 0) is 53.6 Å². The number of carbonyl (C=O) groups is 2. The third kappa shape index (κ3) is 3.23. The number of nitrogens with zero attached hydrogens (tertiary/aromatic N) is 3. The Hall–Kier alpha value is -3.81. The lowest BCUT2D eigenvalue weighted by Crippen LogP contribution is -2.46. The number of pyridine rings is 1. The summed E-state index contributed by atoms with van der Waals surface area (Å²) in [4.78, 5) is 40.5. The third-order valence-corrected chi connectivity index (χ3v) is 7.18. The molecular weight excluding hydrogens is 506 g/mol. The molecule has 6 nitrogen and oxygen atoms in total. The van der Waals surface area contributed by atoms with Crippen molar-refractivity contribution in [1.82, 2.24) is 4.98 Å². The van der Waals surface area contributed by atoms with Gasteiger partial charge in [0, 0.05) is 16.9 Å². The highest BCUT2D eigenvalue weighted by Crippen LogP contribution is 2.56. The molecule has 0 N–H and O–H groups in total. The number of carbonyl (C=O) groups excluding carboxylic acids is 2. The second kappa shape index (κ2) is 8.45. The van der Waals surface area contributed by atoms with Crippen molar-refractivity contribution in [1.29, 1.82) is 0 Å². The summed E-state index contributed by atoms with van der Waals surface area (Å²) in [6.45, 7) is 0. The minimum absolute atomic E-state index is 0.326. The molecule has 2 aliphatic heterocycles. The molecule has 2 amide bonds. The van der Waals surface area contributed by atoms with E-state index >= 15 is 0 Å². The van der Waals surface area contributed by atoms with E-state index < -0.39 is 23.5 Å². The Balaban J connectivity index is 1.61. The van der Waals surface area contributed by atoms with Crippen molar-refractivity contribution < 1.29 is 14.4 Å². The molecule has 7 heteroatoms. The van der Waals surface area contributed by atoms with Gasteiger partial charge >= 0.3 is 0 Å². The zero-order valence-electron chi connectivity index (χ0n) is 18.5. The molecule has 3 unspecified atom stereocenters. The average Bonchev–Trinajstić information content (AvgIpc) is 3.38. The highest BCUT2D eigenvalue weighted by Gasteiger charge is 2.72. The molecule has 4 aromatic rings. The molecule has 0 spiro atoms. The van der Waals surface area contributed by atoms with E-state index in [2.05, 4.69) is 20.9 Å². The van der Waals surface area contributed by atoms with Gasteiger partial charge in [0.25, 0.3) is 5.91 Å². The predicted molar refractivity (Wildman–Crippen MR) is 136 cm³/mol. The maximum Gasteiger partial charge on any atom is 0.267 e. The van der Waals surface area contributed by atoms with Crippen LogP contribution in [-0.4, -0.2) is 22.9 Å². The summed E-state index contributed by atoms with van der Waals surface area (Å²) in [7, 11) is 0. The number of benzene rings is 3. The molecule has 35 heavy (non-hydrogen) atoms. The first-order valence-corrected chi connectivity index (χ1v) is 12.0. The average molecular weight is 526 g/mol. The number of fused-ring (bicyclic) bond motifs is 1. The van der Waals surface area contributed by atoms with Crippen molar-refractivity contribution in [3.63, 3.8) is 0 Å². The Bertz CT molecular complexity index is 1380. The molecule has 0 saturated carbocycles. The van der Waals surface area contributed by atoms with E-state index in [4.69, 9.17) is 4.84 Å². The minimum Gasteiger partial charge on any atom is -0.273 e. The Morgan fingerprint density at radius 1 is 0.800 bits per heavy atom. The van der Waals surface area contributed by atoms with Crippen LogP contribution >= 0.6 is 15.9 Å². The second-order valence-electron chi connectivity index (χ2n) is 8.53. The van der Waals surface area contributed by atoms with E-state index in [1.807, 2.05) is 84.9 Å². The van der Waals surface area contributed by atoms with Crippen LogP contribution in [0, 0.1) is 0 Å². The van der Waals surface area contributed by atoms with Crippen LogP contribution in [0.25, 0.3) is 0 Å². The molecule has 3 heterocycles. The summed E-state index contributed by atoms with van der Waals surface area (Å²) < 4.78 is 0.859. The van der Waals surface area contributed by atoms with Gasteiger partial charge in [0.1, 0.15) is 11.5 Å². The lowest BCUT2D eigenvalue weighted by atomic mass is 9.69. The topological polar surface area (TPSA) is 62.7 Å². The SMILES string of the molecule is O=C1C2ON(c3ccccc3)C(c3cccnc3)C2(c2ccccc2)C(=O)N1c1ccc(Br)cc1. The van der Waals surface area contributed by atoms with Crippen LogP contribution in [-0.2, 0) is 19.8 Å². The molecule has 2 saturated heterocycles. The Morgan fingerprint density at radius 2 is 1.49 bits per heavy atom. The number of anilines is 2. The standard InChI is InChI=1S/C28H20BrN3O3/c29-21-13-15-22(16-14-21)31-26(33)25-28(27(31)34,20-9-3-1-4-10-20)24(19-8-7-17-30-18-19)32(35-25)23-11-5-2-6-12-23/h1-18,24-25H. The van der Waals surface area contributed by atoms with E-state index in [9.17, 15) is 9.59 Å². The van der Waals surface area contributed by atoms with E-state index in [0.29, 0.717) is 5.69 Å². The first-order valence-electron chi connectivity index (χ1n) is 11.2. The van der Waals surface area contributed by atoms with Gasteiger partial charge in [0.2, 0.25) is 5.91 Å². The van der Waals surface area contributed by atoms with Crippen molar-refractivity contribution in [2.24, 2.45) is 0 Å². The van der Waals surface area contributed by atoms with Crippen LogP contribution in [0.1, 0.15) is 17.2 Å². The van der Waals surface area contributed by atoms with Gasteiger partial charge in [-0.1, -0.05) is 70.5 Å². The lowest BCUT2D eigenvalue weighted by Gasteiger charge is -2.35. The van der Waals surface area contributed by atoms with Gasteiger partial charge in [-0.15, -0.1) is 0 Å². The van der Waals surface area contributed by atoms with Crippen LogP contribution in [0.3, 0.4) is 0 Å². The summed E-state index contributed by atoms with van der Waals surface area (Å²) in [5.41, 5.74) is 1.44. The smallest absolute Gasteiger partial charge is 0.267 e. The fraction of sp³-hybridized carbons (Fsp3) is 0.107. The number of aromatic nitrogens is 1. The van der Waals surface area contributed by atoms with E-state index in [0.717, 1.165) is 21.3 Å². The number of para-hydroxylation sites is 1. The molecule has 3 aromatic carbocycles. The number of hydrogen-bond acceptors (Lipinski definition) is 5. The zero-order chi connectivity index (χ0) is 24.0. The highest BCUT2D eigenvalue weighted by atomic mass is 79.9. The first kappa shape index (κ1) is 21.7. The Labute approximate surface area is 210 Å². The Morgan fingerprint density at radius 3 is 2.14 bits per heavy atom. The van der Waals surface area contributed by atoms with Crippen LogP contribution in [0.15, 0.2) is 114 Å². The van der Waals surface area contributed by atoms with E-state index in [-0.39, 0.29) is 5.91 Å². The van der Waals surface area contributed by atoms with Crippen LogP contribution < -0.4 is 9.96 Å². The van der Waals surface area contributed by atoms with Crippen molar-refractivity contribution in [2.45, 2.75) is 17.6 Å². The molecule has 3 atom stereocenters. The quantitative estimate of drug-likeness (QED) is 0.342. The molecule has 0 aliphatic carbocycles. The summed E-state index contributed by atoms with van der Waals surface area (Å²) in [6.07, 6.45) is 2.37. The van der Waals surface area contributed by atoms with Crippen LogP contribution in [0.2, 0.25) is 0 Å². The van der Waals surface area contributed by atoms with Gasteiger partial charge in [0.15, 0.2) is 6.10 Å². The highest BCUT2D eigenvalue weighted by molar-refractivity contribution is 9.10. The summed E-state index contributed by atoms with van der Waals surface area (Å²) in [5.74, 6) is -0.721. The second-order valence-corrected chi connectivity index (χ2v) is 9.44. The zero-order valence-corrected chi connectivity index (χ0v) is 20.1. The number of rotatable bonds is 4. The largest absolute Gasteiger partial charge is 0.273 e. The molecule has 2 aliphatic rings. The number of amides is 2. The summed E-state index contributed by atoms with van der Waals surface area (Å²) >= 11 is 3.43. The van der Waals surface area contributed by atoms with Gasteiger partial charge in [0.05, 0.1) is 11.4 Å². The molecule has 0 radical (unpaired) electrons. The number of halogens is 1. The third-order valence-electron chi connectivity index (χ3n) is 6.65. The van der Waals surface area contributed by atoms with Crippen LogP contribution in [0.5, 0.6) is 0 Å². The van der Waals surface area contributed by atoms with E-state index in [1.54, 1.807) is 29.6 Å². The Kier molecular flexibility index (Phi) is 5.24. The first-order chi connectivity index (χ1) is 17.1. The number of hydroxylamine groups is 1. The van der Waals surface area contributed by atoms with Gasteiger partial charge in [-0.2, -0.15) is 0 Å². The summed E-state index contributed by atoms with van der Waals surface area (Å²) in [5, 5.41) is 1.70. The molecular formula is C28H20BrN3O3. The number of imide groups is 1. The van der Waals surface area contributed by atoms with Crippen molar-refractivity contribution in [3.05, 3.63) is 125 Å². The maximum absolute atomic E-state index is 14.5. The predicted octanol–water partition coefficient (Wildman–Crippen LogP) is 5.22. The fourth-order valence-electron chi connectivity index (χ4n) is 5.16. The normalized spacial score (nSPS) is 23.6. The number of hydrogen-bond donors (Lipinski definition) is 0. The van der Waals surface area contributed by atoms with Crippen molar-refractivity contribution in [3.8, 4) is 0 Å². The molecule has 2 fully saturated rings. The summed E-state index contributed by atoms with van der Waals surface area (Å²) in [6, 6.07) is 29.3.